The molecule has 224 valence electrons. The predicted molar refractivity (Wildman–Crippen MR) is 162 cm³/mol. The van der Waals surface area contributed by atoms with Crippen molar-refractivity contribution in [2.24, 2.45) is 5.41 Å². The molecule has 2 aliphatic rings. The van der Waals surface area contributed by atoms with Gasteiger partial charge in [0.25, 0.3) is 0 Å². The first-order chi connectivity index (χ1) is 20.0. The Morgan fingerprint density at radius 2 is 1.81 bits per heavy atom. The molecule has 0 bridgehead atoms. The zero-order valence-corrected chi connectivity index (χ0v) is 25.8. The number of hydrogen-bond acceptors (Lipinski definition) is 6. The summed E-state index contributed by atoms with van der Waals surface area (Å²) >= 11 is 0. The van der Waals surface area contributed by atoms with Crippen molar-refractivity contribution in [3.8, 4) is 28.4 Å². The van der Waals surface area contributed by atoms with Gasteiger partial charge in [-0.2, -0.15) is 0 Å². The van der Waals surface area contributed by atoms with E-state index < -0.39 is 6.10 Å². The standard InChI is InChI=1S/C35H42FNO5/c1-21-14-25(41-20-35(3,4)19-37(5)6)15-22(2)33(21)27-10-12-29(36)34-28(27)11-13-30(34)42-24-8-9-26-23(16-32(38)39-7)18-40-31(26)17-24/h8-10,12,14-15,17,23,30H,11,13,16,18-20H2,1-7H3/t23-,30-/m1/s1. The molecule has 0 saturated heterocycles. The van der Waals surface area contributed by atoms with Crippen LogP contribution in [-0.4, -0.2) is 51.8 Å². The van der Waals surface area contributed by atoms with Crippen molar-refractivity contribution < 1.29 is 28.1 Å². The number of carbonyl (C=O) groups excluding carboxylic acids is 1. The highest BCUT2D eigenvalue weighted by Crippen LogP contribution is 2.45. The van der Waals surface area contributed by atoms with Gasteiger partial charge < -0.3 is 23.8 Å². The Morgan fingerprint density at radius 1 is 1.07 bits per heavy atom. The monoisotopic (exact) mass is 575 g/mol. The summed E-state index contributed by atoms with van der Waals surface area (Å²) in [4.78, 5) is 13.9. The smallest absolute Gasteiger partial charge is 0.306 e. The SMILES string of the molecule is COC(=O)C[C@@H]1COc2cc(O[C@@H]3CCc4c(-c5c(C)cc(OCC(C)(C)CN(C)C)cc5C)ccc(F)c43)ccc21. The molecule has 3 aromatic carbocycles. The van der Waals surface area contributed by atoms with Crippen molar-refractivity contribution in [3.05, 3.63) is 76.1 Å². The maximum atomic E-state index is 15.4. The van der Waals surface area contributed by atoms with E-state index in [2.05, 4.69) is 58.8 Å². The molecule has 0 amide bonds. The second-order valence-corrected chi connectivity index (χ2v) is 12.7. The van der Waals surface area contributed by atoms with Gasteiger partial charge in [0, 0.05) is 35.1 Å². The van der Waals surface area contributed by atoms with E-state index in [0.717, 1.165) is 52.1 Å². The fourth-order valence-corrected chi connectivity index (χ4v) is 6.59. The first-order valence-corrected chi connectivity index (χ1v) is 14.7. The Labute approximate surface area is 248 Å². The fourth-order valence-electron chi connectivity index (χ4n) is 6.59. The lowest BCUT2D eigenvalue weighted by molar-refractivity contribution is -0.141. The zero-order chi connectivity index (χ0) is 30.2. The Bertz CT molecular complexity index is 1460. The minimum atomic E-state index is -0.396. The van der Waals surface area contributed by atoms with Gasteiger partial charge in [-0.15, -0.1) is 0 Å². The minimum Gasteiger partial charge on any atom is -0.493 e. The van der Waals surface area contributed by atoms with E-state index in [1.165, 1.54) is 7.11 Å². The van der Waals surface area contributed by atoms with Crippen LogP contribution in [0.5, 0.6) is 17.2 Å². The average Bonchev–Trinajstić information content (AvgIpc) is 3.52. The number of benzene rings is 3. The first kappa shape index (κ1) is 29.9. The Balaban J connectivity index is 1.36. The molecule has 0 fully saturated rings. The molecule has 0 radical (unpaired) electrons. The number of rotatable bonds is 10. The van der Waals surface area contributed by atoms with Crippen LogP contribution in [0.3, 0.4) is 0 Å². The van der Waals surface area contributed by atoms with Gasteiger partial charge >= 0.3 is 5.97 Å². The number of ether oxygens (including phenoxy) is 4. The molecule has 6 nitrogen and oxygen atoms in total. The third-order valence-electron chi connectivity index (χ3n) is 8.22. The largest absolute Gasteiger partial charge is 0.493 e. The van der Waals surface area contributed by atoms with Crippen LogP contribution < -0.4 is 14.2 Å². The predicted octanol–water partition coefficient (Wildman–Crippen LogP) is 7.18. The number of nitrogens with zero attached hydrogens (tertiary/aromatic N) is 1. The summed E-state index contributed by atoms with van der Waals surface area (Å²) < 4.78 is 38.6. The van der Waals surface area contributed by atoms with Crippen LogP contribution in [0, 0.1) is 25.1 Å². The van der Waals surface area contributed by atoms with E-state index in [1.807, 2.05) is 24.3 Å². The highest BCUT2D eigenvalue weighted by molar-refractivity contribution is 5.76. The van der Waals surface area contributed by atoms with Crippen LogP contribution in [0.15, 0.2) is 42.5 Å². The van der Waals surface area contributed by atoms with Crippen molar-refractivity contribution in [1.82, 2.24) is 4.90 Å². The lowest BCUT2D eigenvalue weighted by atomic mass is 9.90. The van der Waals surface area contributed by atoms with E-state index in [9.17, 15) is 4.79 Å². The fraction of sp³-hybridized carbons (Fsp3) is 0.457. The number of esters is 1. The topological polar surface area (TPSA) is 57.2 Å². The molecule has 1 aliphatic heterocycles. The summed E-state index contributed by atoms with van der Waals surface area (Å²) in [5.41, 5.74) is 6.99. The summed E-state index contributed by atoms with van der Waals surface area (Å²) in [6.07, 6.45) is 1.29. The molecule has 1 aliphatic carbocycles. The van der Waals surface area contributed by atoms with Crippen LogP contribution in [0.25, 0.3) is 11.1 Å². The molecule has 5 rings (SSSR count). The van der Waals surface area contributed by atoms with Gasteiger partial charge in [-0.25, -0.2) is 4.39 Å². The summed E-state index contributed by atoms with van der Waals surface area (Å²) in [5.74, 6) is 1.63. The molecule has 2 atom stereocenters. The first-order valence-electron chi connectivity index (χ1n) is 14.7. The maximum absolute atomic E-state index is 15.4. The summed E-state index contributed by atoms with van der Waals surface area (Å²) in [5, 5.41) is 0. The molecule has 0 N–H and O–H groups in total. The van der Waals surface area contributed by atoms with Gasteiger partial charge in [0.15, 0.2) is 0 Å². The van der Waals surface area contributed by atoms with E-state index in [4.69, 9.17) is 18.9 Å². The minimum absolute atomic E-state index is 0.0203. The quantitative estimate of drug-likeness (QED) is 0.239. The van der Waals surface area contributed by atoms with Crippen LogP contribution >= 0.6 is 0 Å². The molecule has 0 aromatic heterocycles. The second-order valence-electron chi connectivity index (χ2n) is 12.7. The molecule has 3 aromatic rings. The van der Waals surface area contributed by atoms with Crippen molar-refractivity contribution >= 4 is 5.97 Å². The van der Waals surface area contributed by atoms with Crippen molar-refractivity contribution in [3.63, 3.8) is 0 Å². The Kier molecular flexibility index (Phi) is 8.51. The second kappa shape index (κ2) is 12.0. The lowest BCUT2D eigenvalue weighted by Crippen LogP contribution is -2.33. The molecule has 0 saturated carbocycles. The summed E-state index contributed by atoms with van der Waals surface area (Å²) in [7, 11) is 5.54. The number of methoxy groups -OCH3 is 1. The highest BCUT2D eigenvalue weighted by Gasteiger charge is 2.32. The third kappa shape index (κ3) is 6.26. The number of halogens is 1. The number of fused-ring (bicyclic) bond motifs is 2. The third-order valence-corrected chi connectivity index (χ3v) is 8.22. The molecule has 0 spiro atoms. The van der Waals surface area contributed by atoms with Crippen LogP contribution in [0.4, 0.5) is 4.39 Å². The number of hydrogen-bond donors (Lipinski definition) is 0. The van der Waals surface area contributed by atoms with Crippen LogP contribution in [0.1, 0.15) is 66.5 Å². The van der Waals surface area contributed by atoms with Gasteiger partial charge in [-0.1, -0.05) is 26.0 Å². The Morgan fingerprint density at radius 3 is 2.50 bits per heavy atom. The van der Waals surface area contributed by atoms with Crippen LogP contribution in [-0.2, 0) is 16.0 Å². The number of carbonyl (C=O) groups is 1. The Hall–Kier alpha value is -3.58. The van der Waals surface area contributed by atoms with E-state index in [-0.39, 0.29) is 29.5 Å². The molecule has 0 unspecified atom stereocenters. The maximum Gasteiger partial charge on any atom is 0.306 e. The van der Waals surface area contributed by atoms with Crippen molar-refractivity contribution in [2.75, 3.05) is 41.0 Å². The summed E-state index contributed by atoms with van der Waals surface area (Å²) in [6.45, 7) is 10.6. The zero-order valence-electron chi connectivity index (χ0n) is 25.8. The van der Waals surface area contributed by atoms with Crippen molar-refractivity contribution in [2.45, 2.75) is 59.0 Å². The van der Waals surface area contributed by atoms with E-state index in [0.29, 0.717) is 36.7 Å². The molecular formula is C35H42FNO5. The van der Waals surface area contributed by atoms with Gasteiger partial charge in [-0.05, 0) is 92.9 Å². The normalized spacial score (nSPS) is 17.5. The number of aryl methyl sites for hydroxylation is 2. The van der Waals surface area contributed by atoms with Gasteiger partial charge in [0.1, 0.15) is 29.2 Å². The highest BCUT2D eigenvalue weighted by atomic mass is 19.1. The average molecular weight is 576 g/mol. The molecule has 1 heterocycles. The van der Waals surface area contributed by atoms with Crippen molar-refractivity contribution in [1.29, 1.82) is 0 Å². The summed E-state index contributed by atoms with van der Waals surface area (Å²) in [6, 6.07) is 13.3. The lowest BCUT2D eigenvalue weighted by Gasteiger charge is -2.28. The van der Waals surface area contributed by atoms with Gasteiger partial charge in [0.2, 0.25) is 0 Å². The van der Waals surface area contributed by atoms with E-state index in [1.54, 1.807) is 6.07 Å². The van der Waals surface area contributed by atoms with Gasteiger partial charge in [0.05, 0.1) is 26.7 Å². The van der Waals surface area contributed by atoms with Gasteiger partial charge in [-0.3, -0.25) is 4.79 Å². The molecule has 7 heteroatoms. The van der Waals surface area contributed by atoms with E-state index >= 15 is 4.39 Å². The van der Waals surface area contributed by atoms with Crippen LogP contribution in [0.2, 0.25) is 0 Å². The molecular weight excluding hydrogens is 533 g/mol. The molecule has 42 heavy (non-hydrogen) atoms.